The van der Waals surface area contributed by atoms with Gasteiger partial charge in [0.05, 0.1) is 12.1 Å². The molecule has 3 rings (SSSR count). The van der Waals surface area contributed by atoms with E-state index >= 15 is 0 Å². The maximum absolute atomic E-state index is 12.2. The molecule has 0 spiro atoms. The second-order valence-corrected chi connectivity index (χ2v) is 5.79. The van der Waals surface area contributed by atoms with Gasteiger partial charge in [-0.25, -0.2) is 0 Å². The normalized spacial score (nSPS) is 28.1. The monoisotopic (exact) mass is 279 g/mol. The number of halogens is 1. The van der Waals surface area contributed by atoms with Crippen molar-refractivity contribution in [2.75, 3.05) is 6.61 Å². The number of rotatable bonds is 4. The molecule has 0 aromatic heterocycles. The summed E-state index contributed by atoms with van der Waals surface area (Å²) in [5.41, 5.74) is 0.837. The van der Waals surface area contributed by atoms with Crippen LogP contribution in [0.2, 0.25) is 0 Å². The molecular formula is C15H18ClNO2. The molecular weight excluding hydrogens is 262 g/mol. The van der Waals surface area contributed by atoms with Crippen molar-refractivity contribution in [1.82, 2.24) is 5.32 Å². The van der Waals surface area contributed by atoms with E-state index in [0.29, 0.717) is 5.92 Å². The van der Waals surface area contributed by atoms with E-state index in [1.165, 1.54) is 12.8 Å². The molecule has 3 atom stereocenters. The Morgan fingerprint density at radius 1 is 1.26 bits per heavy atom. The number of alkyl halides is 1. The van der Waals surface area contributed by atoms with E-state index in [9.17, 15) is 4.79 Å². The van der Waals surface area contributed by atoms with Gasteiger partial charge < -0.3 is 10.1 Å². The Hall–Kier alpha value is -1.06. The fourth-order valence-corrected chi connectivity index (χ4v) is 2.89. The van der Waals surface area contributed by atoms with E-state index in [2.05, 4.69) is 5.32 Å². The Morgan fingerprint density at radius 3 is 2.68 bits per heavy atom. The van der Waals surface area contributed by atoms with Gasteiger partial charge in [0, 0.05) is 6.61 Å². The number of hydrogen-bond donors (Lipinski definition) is 1. The first-order chi connectivity index (χ1) is 9.25. The molecule has 1 saturated carbocycles. The minimum absolute atomic E-state index is 0.117. The summed E-state index contributed by atoms with van der Waals surface area (Å²) in [4.78, 5) is 12.2. The number of benzene rings is 1. The lowest BCUT2D eigenvalue weighted by Crippen LogP contribution is -2.42. The smallest absolute Gasteiger partial charge is 0.242 e. The molecule has 1 aliphatic heterocycles. The van der Waals surface area contributed by atoms with Crippen LogP contribution in [-0.2, 0) is 9.53 Å². The minimum Gasteiger partial charge on any atom is -0.376 e. The van der Waals surface area contributed by atoms with Crippen molar-refractivity contribution in [2.24, 2.45) is 5.92 Å². The maximum Gasteiger partial charge on any atom is 0.242 e. The molecule has 3 nitrogen and oxygen atoms in total. The number of nitrogens with one attached hydrogen (secondary N) is 1. The van der Waals surface area contributed by atoms with Gasteiger partial charge in [-0.05, 0) is 30.7 Å². The average Bonchev–Trinajstić information content (AvgIpc) is 3.19. The predicted octanol–water partition coefficient (Wildman–Crippen LogP) is 2.65. The molecule has 2 aliphatic rings. The number of carbonyl (C=O) groups excluding carboxylic acids is 1. The van der Waals surface area contributed by atoms with E-state index < -0.39 is 5.38 Å². The highest BCUT2D eigenvalue weighted by Gasteiger charge is 2.41. The predicted molar refractivity (Wildman–Crippen MR) is 74.0 cm³/mol. The van der Waals surface area contributed by atoms with Crippen molar-refractivity contribution in [3.05, 3.63) is 35.9 Å². The minimum atomic E-state index is -0.623. The summed E-state index contributed by atoms with van der Waals surface area (Å²) >= 11 is 6.23. The number of amides is 1. The lowest BCUT2D eigenvalue weighted by molar-refractivity contribution is -0.122. The molecule has 1 N–H and O–H groups in total. The van der Waals surface area contributed by atoms with Gasteiger partial charge >= 0.3 is 0 Å². The van der Waals surface area contributed by atoms with E-state index in [4.69, 9.17) is 16.3 Å². The number of carbonyl (C=O) groups is 1. The van der Waals surface area contributed by atoms with Crippen molar-refractivity contribution < 1.29 is 9.53 Å². The van der Waals surface area contributed by atoms with Crippen molar-refractivity contribution in [3.63, 3.8) is 0 Å². The summed E-state index contributed by atoms with van der Waals surface area (Å²) in [6.45, 7) is 0.740. The Bertz CT molecular complexity index is 447. The molecule has 1 amide bonds. The Kier molecular flexibility index (Phi) is 3.76. The van der Waals surface area contributed by atoms with Crippen molar-refractivity contribution >= 4 is 17.5 Å². The summed E-state index contributed by atoms with van der Waals surface area (Å²) in [6.07, 6.45) is 3.54. The highest BCUT2D eigenvalue weighted by Crippen LogP contribution is 2.39. The zero-order chi connectivity index (χ0) is 13.2. The summed E-state index contributed by atoms with van der Waals surface area (Å²) in [5.74, 6) is 0.521. The Labute approximate surface area is 118 Å². The van der Waals surface area contributed by atoms with Crippen LogP contribution in [0.5, 0.6) is 0 Å². The molecule has 3 unspecified atom stereocenters. The van der Waals surface area contributed by atoms with Crippen LogP contribution < -0.4 is 5.32 Å². The fraction of sp³-hybridized carbons (Fsp3) is 0.533. The van der Waals surface area contributed by atoms with E-state index in [-0.39, 0.29) is 18.1 Å². The molecule has 1 heterocycles. The molecule has 1 saturated heterocycles. The van der Waals surface area contributed by atoms with E-state index in [1.54, 1.807) is 0 Å². The number of ether oxygens (including phenoxy) is 1. The van der Waals surface area contributed by atoms with Crippen LogP contribution >= 0.6 is 11.6 Å². The van der Waals surface area contributed by atoms with Crippen LogP contribution in [0.4, 0.5) is 0 Å². The summed E-state index contributed by atoms with van der Waals surface area (Å²) in [5, 5.41) is 2.43. The van der Waals surface area contributed by atoms with Gasteiger partial charge in [-0.3, -0.25) is 4.79 Å². The number of hydrogen-bond acceptors (Lipinski definition) is 2. The van der Waals surface area contributed by atoms with Crippen LogP contribution in [0.15, 0.2) is 30.3 Å². The van der Waals surface area contributed by atoms with Crippen molar-refractivity contribution in [3.8, 4) is 0 Å². The van der Waals surface area contributed by atoms with Gasteiger partial charge in [-0.2, -0.15) is 0 Å². The zero-order valence-electron chi connectivity index (χ0n) is 10.7. The lowest BCUT2D eigenvalue weighted by atomic mass is 10.1. The van der Waals surface area contributed by atoms with Gasteiger partial charge in [0.1, 0.15) is 5.38 Å². The maximum atomic E-state index is 12.2. The van der Waals surface area contributed by atoms with Crippen LogP contribution in [0.3, 0.4) is 0 Å². The highest BCUT2D eigenvalue weighted by molar-refractivity contribution is 6.30. The quantitative estimate of drug-likeness (QED) is 0.861. The third-order valence-electron chi connectivity index (χ3n) is 3.87. The highest BCUT2D eigenvalue weighted by atomic mass is 35.5. The third kappa shape index (κ3) is 2.93. The SMILES string of the molecule is O=C(NC1CCOC1C1CC1)C(Cl)c1ccccc1. The first-order valence-corrected chi connectivity index (χ1v) is 7.30. The average molecular weight is 280 g/mol. The standard InChI is InChI=1S/C15H18ClNO2/c16-13(10-4-2-1-3-5-10)15(18)17-12-8-9-19-14(12)11-6-7-11/h1-5,11-14H,6-9H2,(H,17,18). The zero-order valence-corrected chi connectivity index (χ0v) is 11.5. The lowest BCUT2D eigenvalue weighted by Gasteiger charge is -2.21. The molecule has 4 heteroatoms. The largest absolute Gasteiger partial charge is 0.376 e. The van der Waals surface area contributed by atoms with Crippen LogP contribution in [0.1, 0.15) is 30.2 Å². The van der Waals surface area contributed by atoms with Gasteiger partial charge in [-0.15, -0.1) is 11.6 Å². The van der Waals surface area contributed by atoms with Gasteiger partial charge in [0.15, 0.2) is 0 Å². The van der Waals surface area contributed by atoms with Crippen molar-refractivity contribution in [2.45, 2.75) is 36.8 Å². The molecule has 0 bridgehead atoms. The van der Waals surface area contributed by atoms with Crippen LogP contribution in [0, 0.1) is 5.92 Å². The van der Waals surface area contributed by atoms with Gasteiger partial charge in [-0.1, -0.05) is 30.3 Å². The summed E-state index contributed by atoms with van der Waals surface area (Å²) < 4.78 is 5.72. The van der Waals surface area contributed by atoms with Gasteiger partial charge in [0.25, 0.3) is 0 Å². The Balaban J connectivity index is 1.61. The second-order valence-electron chi connectivity index (χ2n) is 5.35. The molecule has 1 aromatic rings. The van der Waals surface area contributed by atoms with Crippen LogP contribution in [0.25, 0.3) is 0 Å². The second kappa shape index (κ2) is 5.51. The van der Waals surface area contributed by atoms with Crippen LogP contribution in [-0.4, -0.2) is 24.7 Å². The molecule has 1 aliphatic carbocycles. The van der Waals surface area contributed by atoms with Gasteiger partial charge in [0.2, 0.25) is 5.91 Å². The topological polar surface area (TPSA) is 38.3 Å². The third-order valence-corrected chi connectivity index (χ3v) is 4.32. The molecule has 19 heavy (non-hydrogen) atoms. The molecule has 0 radical (unpaired) electrons. The first kappa shape index (κ1) is 12.9. The summed E-state index contributed by atoms with van der Waals surface area (Å²) in [6, 6.07) is 9.58. The van der Waals surface area contributed by atoms with E-state index in [0.717, 1.165) is 18.6 Å². The molecule has 2 fully saturated rings. The summed E-state index contributed by atoms with van der Waals surface area (Å²) in [7, 11) is 0. The fourth-order valence-electron chi connectivity index (χ4n) is 2.68. The first-order valence-electron chi connectivity index (χ1n) is 6.86. The molecule has 102 valence electrons. The Morgan fingerprint density at radius 2 is 2.00 bits per heavy atom. The molecule has 1 aromatic carbocycles. The van der Waals surface area contributed by atoms with E-state index in [1.807, 2.05) is 30.3 Å². The van der Waals surface area contributed by atoms with Crippen molar-refractivity contribution in [1.29, 1.82) is 0 Å².